The first-order chi connectivity index (χ1) is 16.2. The molecule has 3 atom stereocenters. The molecule has 2 N–H and O–H groups in total. The highest BCUT2D eigenvalue weighted by atomic mass is 16.2. The van der Waals surface area contributed by atoms with Crippen molar-refractivity contribution < 1.29 is 9.59 Å². The van der Waals surface area contributed by atoms with Gasteiger partial charge in [-0.1, -0.05) is 45.9 Å². The molecule has 1 aromatic heterocycles. The van der Waals surface area contributed by atoms with Crippen molar-refractivity contribution in [3.8, 4) is 0 Å². The minimum Gasteiger partial charge on any atom is -0.326 e. The second-order valence-electron chi connectivity index (χ2n) is 10.5. The lowest BCUT2D eigenvalue weighted by Gasteiger charge is -2.43. The van der Waals surface area contributed by atoms with Crippen LogP contribution in [0.25, 0.3) is 0 Å². The molecule has 1 fully saturated rings. The molecule has 7 nitrogen and oxygen atoms in total. The summed E-state index contributed by atoms with van der Waals surface area (Å²) in [5.41, 5.74) is 2.97. The molecule has 4 rings (SSSR count). The minimum absolute atomic E-state index is 0.0280. The number of piperidine rings is 1. The zero-order chi connectivity index (χ0) is 24.4. The van der Waals surface area contributed by atoms with E-state index >= 15 is 0 Å². The summed E-state index contributed by atoms with van der Waals surface area (Å²) in [7, 11) is 0. The number of benzene rings is 1. The van der Waals surface area contributed by atoms with Gasteiger partial charge in [0.2, 0.25) is 5.91 Å². The Morgan fingerprint density at radius 1 is 1.00 bits per heavy atom. The summed E-state index contributed by atoms with van der Waals surface area (Å²) < 4.78 is 1.85. The average Bonchev–Trinajstić information content (AvgIpc) is 2.79. The Labute approximate surface area is 201 Å². The highest BCUT2D eigenvalue weighted by Gasteiger charge is 2.37. The quantitative estimate of drug-likeness (QED) is 0.674. The monoisotopic (exact) mass is 464 g/mol. The van der Waals surface area contributed by atoms with Crippen molar-refractivity contribution in [2.75, 3.05) is 18.4 Å². The smallest absolute Gasteiger partial charge is 0.318 e. The first-order valence-corrected chi connectivity index (χ1v) is 12.4. The second kappa shape index (κ2) is 10.0. The van der Waals surface area contributed by atoms with Crippen molar-refractivity contribution >= 4 is 17.6 Å². The number of aromatic nitrogens is 1. The minimum atomic E-state index is -0.617. The molecule has 0 radical (unpaired) electrons. The Balaban J connectivity index is 1.43. The van der Waals surface area contributed by atoms with Gasteiger partial charge in [-0.05, 0) is 54.4 Å². The van der Waals surface area contributed by atoms with E-state index in [1.807, 2.05) is 53.6 Å². The van der Waals surface area contributed by atoms with Gasteiger partial charge in [0, 0.05) is 43.0 Å². The number of nitrogens with zero attached hydrogens (tertiary/aromatic N) is 2. The van der Waals surface area contributed by atoms with Gasteiger partial charge in [-0.15, -0.1) is 0 Å². The summed E-state index contributed by atoms with van der Waals surface area (Å²) in [6, 6.07) is 12.4. The summed E-state index contributed by atoms with van der Waals surface area (Å²) >= 11 is 0. The van der Waals surface area contributed by atoms with E-state index in [1.54, 1.807) is 12.1 Å². The van der Waals surface area contributed by atoms with E-state index in [2.05, 4.69) is 24.5 Å². The number of carbonyl (C=O) groups excluding carboxylic acids is 2. The summed E-state index contributed by atoms with van der Waals surface area (Å²) in [5, 5.41) is 5.97. The molecule has 7 heteroatoms. The molecule has 2 bridgehead atoms. The highest BCUT2D eigenvalue weighted by Crippen LogP contribution is 2.35. The molecule has 3 heterocycles. The summed E-state index contributed by atoms with van der Waals surface area (Å²) in [6.45, 7) is 10.1. The van der Waals surface area contributed by atoms with Crippen LogP contribution in [0.3, 0.4) is 0 Å². The summed E-state index contributed by atoms with van der Waals surface area (Å²) in [4.78, 5) is 40.4. The maximum atomic E-state index is 13.2. The van der Waals surface area contributed by atoms with E-state index in [1.165, 1.54) is 5.56 Å². The third-order valence-corrected chi connectivity index (χ3v) is 6.93. The number of pyridine rings is 1. The lowest BCUT2D eigenvalue weighted by molar-refractivity contribution is -0.118. The molecule has 2 aromatic rings. The van der Waals surface area contributed by atoms with Crippen LogP contribution in [-0.4, -0.2) is 40.5 Å². The predicted molar refractivity (Wildman–Crippen MR) is 134 cm³/mol. The molecule has 1 saturated heterocycles. The number of carbonyl (C=O) groups is 2. The van der Waals surface area contributed by atoms with E-state index in [-0.39, 0.29) is 35.3 Å². The van der Waals surface area contributed by atoms with E-state index in [0.717, 1.165) is 17.8 Å². The number of rotatable bonds is 6. The maximum absolute atomic E-state index is 13.2. The Hall–Kier alpha value is -3.09. The fourth-order valence-corrected chi connectivity index (χ4v) is 5.19. The normalized spacial score (nSPS) is 20.1. The van der Waals surface area contributed by atoms with Crippen LogP contribution in [-0.2, 0) is 11.3 Å². The van der Waals surface area contributed by atoms with Gasteiger partial charge in [-0.2, -0.15) is 0 Å². The van der Waals surface area contributed by atoms with Gasteiger partial charge in [-0.25, -0.2) is 4.79 Å². The number of hydrogen-bond donors (Lipinski definition) is 2. The molecule has 34 heavy (non-hydrogen) atoms. The fourth-order valence-electron chi connectivity index (χ4n) is 5.19. The molecule has 0 unspecified atom stereocenters. The largest absolute Gasteiger partial charge is 0.326 e. The summed E-state index contributed by atoms with van der Waals surface area (Å²) in [5.74, 6) is 0.859. The Morgan fingerprint density at radius 3 is 2.41 bits per heavy atom. The molecular weight excluding hydrogens is 428 g/mol. The zero-order valence-corrected chi connectivity index (χ0v) is 20.6. The summed E-state index contributed by atoms with van der Waals surface area (Å²) in [6.07, 6.45) is 1.54. The first kappa shape index (κ1) is 24.0. The van der Waals surface area contributed by atoms with Gasteiger partial charge in [0.25, 0.3) is 5.56 Å². The van der Waals surface area contributed by atoms with Crippen LogP contribution in [0.5, 0.6) is 0 Å². The van der Waals surface area contributed by atoms with Gasteiger partial charge in [0.05, 0.1) is 0 Å². The topological polar surface area (TPSA) is 83.4 Å². The number of likely N-dealkylation sites (tertiary alicyclic amines) is 1. The van der Waals surface area contributed by atoms with Crippen LogP contribution in [0, 0.1) is 11.8 Å². The van der Waals surface area contributed by atoms with E-state index in [0.29, 0.717) is 32.0 Å². The number of fused-ring (bicyclic) bond motifs is 4. The average molecular weight is 465 g/mol. The fraction of sp³-hybridized carbons (Fsp3) is 0.519. The number of hydrogen-bond acceptors (Lipinski definition) is 3. The van der Waals surface area contributed by atoms with Crippen LogP contribution in [0.2, 0.25) is 0 Å². The standard InChI is InChI=1S/C27H36N4O3/c1-17(2)12-23(26(33)28-22-10-8-20(9-11-22)18(3)4)29-27(34)30-14-19-13-21(16-30)24-6-5-7-25(32)31(24)15-19/h5-11,17-19,21,23H,12-16H2,1-4H3,(H,28,33)(H,29,34)/t19-,21+,23-/m0/s1. The van der Waals surface area contributed by atoms with Crippen LogP contribution in [0.15, 0.2) is 47.3 Å². The first-order valence-electron chi connectivity index (χ1n) is 12.4. The van der Waals surface area contributed by atoms with Gasteiger partial charge < -0.3 is 20.1 Å². The molecular formula is C27H36N4O3. The van der Waals surface area contributed by atoms with Gasteiger partial charge in [0.1, 0.15) is 6.04 Å². The molecule has 1 aromatic carbocycles. The molecule has 0 spiro atoms. The van der Waals surface area contributed by atoms with Crippen molar-refractivity contribution in [1.29, 1.82) is 0 Å². The van der Waals surface area contributed by atoms with Crippen LogP contribution < -0.4 is 16.2 Å². The number of urea groups is 1. The molecule has 0 saturated carbocycles. The van der Waals surface area contributed by atoms with Crippen molar-refractivity contribution in [2.45, 2.75) is 65.0 Å². The highest BCUT2D eigenvalue weighted by molar-refractivity contribution is 5.97. The predicted octanol–water partition coefficient (Wildman–Crippen LogP) is 4.15. The van der Waals surface area contributed by atoms with E-state index < -0.39 is 6.04 Å². The van der Waals surface area contributed by atoms with Crippen molar-refractivity contribution in [1.82, 2.24) is 14.8 Å². The Kier molecular flexibility index (Phi) is 7.10. The third kappa shape index (κ3) is 5.34. The maximum Gasteiger partial charge on any atom is 0.318 e. The second-order valence-corrected chi connectivity index (χ2v) is 10.5. The third-order valence-electron chi connectivity index (χ3n) is 6.93. The number of anilines is 1. The lowest BCUT2D eigenvalue weighted by Crippen LogP contribution is -2.55. The van der Waals surface area contributed by atoms with Gasteiger partial charge in [0.15, 0.2) is 0 Å². The Bertz CT molecular complexity index is 1090. The van der Waals surface area contributed by atoms with Gasteiger partial charge >= 0.3 is 6.03 Å². The van der Waals surface area contributed by atoms with Crippen LogP contribution in [0.1, 0.15) is 63.6 Å². The molecule has 2 aliphatic heterocycles. The van der Waals surface area contributed by atoms with Crippen LogP contribution >= 0.6 is 0 Å². The van der Waals surface area contributed by atoms with Crippen LogP contribution in [0.4, 0.5) is 10.5 Å². The molecule has 0 aliphatic carbocycles. The number of amides is 3. The molecule has 182 valence electrons. The molecule has 3 amide bonds. The van der Waals surface area contributed by atoms with E-state index in [9.17, 15) is 14.4 Å². The number of nitrogens with one attached hydrogen (secondary N) is 2. The molecule has 2 aliphatic rings. The van der Waals surface area contributed by atoms with Crippen molar-refractivity contribution in [3.63, 3.8) is 0 Å². The van der Waals surface area contributed by atoms with E-state index in [4.69, 9.17) is 0 Å². The zero-order valence-electron chi connectivity index (χ0n) is 20.6. The Morgan fingerprint density at radius 2 is 1.74 bits per heavy atom. The SMILES string of the molecule is CC(C)C[C@H](NC(=O)N1C[C@@H]2C[C@H](C1)c1cccc(=O)n1C2)C(=O)Nc1ccc(C(C)C)cc1. The lowest BCUT2D eigenvalue weighted by atomic mass is 9.83. The van der Waals surface area contributed by atoms with Crippen molar-refractivity contribution in [2.24, 2.45) is 11.8 Å². The van der Waals surface area contributed by atoms with Gasteiger partial charge in [-0.3, -0.25) is 9.59 Å². The van der Waals surface area contributed by atoms with Crippen molar-refractivity contribution in [3.05, 3.63) is 64.1 Å².